The molecule has 2 fully saturated rings. The summed E-state index contributed by atoms with van der Waals surface area (Å²) in [6, 6.07) is 2.05. The molecular formula is C27H45NO2. The van der Waals surface area contributed by atoms with Crippen LogP contribution in [0.25, 0.3) is 0 Å². The highest BCUT2D eigenvalue weighted by molar-refractivity contribution is 5.13. The van der Waals surface area contributed by atoms with Gasteiger partial charge in [0.05, 0.1) is 6.07 Å². The lowest BCUT2D eigenvalue weighted by atomic mass is 9.54. The third kappa shape index (κ3) is 6.21. The molecule has 0 aliphatic heterocycles. The monoisotopic (exact) mass is 415 g/mol. The van der Waals surface area contributed by atoms with Crippen molar-refractivity contribution < 1.29 is 10.2 Å². The second-order valence-electron chi connectivity index (χ2n) is 10.9. The van der Waals surface area contributed by atoms with Crippen LogP contribution >= 0.6 is 0 Å². The van der Waals surface area contributed by atoms with Crippen LogP contribution in [0.15, 0.2) is 24.3 Å². The van der Waals surface area contributed by atoms with Gasteiger partial charge in [0, 0.05) is 12.5 Å². The molecule has 2 aliphatic carbocycles. The van der Waals surface area contributed by atoms with Gasteiger partial charge in [-0.1, -0.05) is 65.2 Å². The molecule has 2 N–H and O–H groups in total. The summed E-state index contributed by atoms with van der Waals surface area (Å²) in [5.41, 5.74) is 1.55. The van der Waals surface area contributed by atoms with Gasteiger partial charge in [-0.25, -0.2) is 0 Å². The maximum absolute atomic E-state index is 9.88. The van der Waals surface area contributed by atoms with E-state index in [1.54, 1.807) is 6.08 Å². The Morgan fingerprint density at radius 1 is 1.20 bits per heavy atom. The van der Waals surface area contributed by atoms with E-state index in [-0.39, 0.29) is 0 Å². The first-order valence-electron chi connectivity index (χ1n) is 12.3. The third-order valence-corrected chi connectivity index (χ3v) is 8.47. The van der Waals surface area contributed by atoms with Gasteiger partial charge in [0.2, 0.25) is 0 Å². The van der Waals surface area contributed by atoms with Crippen LogP contribution < -0.4 is 0 Å². The van der Waals surface area contributed by atoms with Crippen molar-refractivity contribution >= 4 is 0 Å². The van der Waals surface area contributed by atoms with Gasteiger partial charge in [-0.15, -0.1) is 0 Å². The molecule has 2 saturated carbocycles. The van der Waals surface area contributed by atoms with Gasteiger partial charge in [0.15, 0.2) is 6.29 Å². The van der Waals surface area contributed by atoms with E-state index in [0.29, 0.717) is 29.6 Å². The summed E-state index contributed by atoms with van der Waals surface area (Å²) in [4.78, 5) is 0. The summed E-state index contributed by atoms with van der Waals surface area (Å²) in [5, 5.41) is 28.4. The molecule has 6 atom stereocenters. The molecule has 2 aliphatic rings. The number of hydrogen-bond acceptors (Lipinski definition) is 3. The fraction of sp³-hybridized carbons (Fsp3) is 0.815. The minimum absolute atomic E-state index is 0.309. The predicted molar refractivity (Wildman–Crippen MR) is 124 cm³/mol. The topological polar surface area (TPSA) is 64.2 Å². The molecule has 0 aromatic heterocycles. The minimum Gasteiger partial charge on any atom is -0.368 e. The number of nitrogens with zero attached hydrogens (tertiary/aromatic N) is 1. The van der Waals surface area contributed by atoms with Crippen LogP contribution in [0.1, 0.15) is 91.9 Å². The van der Waals surface area contributed by atoms with E-state index in [1.807, 2.05) is 6.08 Å². The molecule has 0 aromatic rings. The SMILES string of the molecule is C=C(CC/C=C/C#N)C1CCC2(C)C(CC[C@@H]2C(C)CCCC(C)C)[C@@H]1CC(O)O. The summed E-state index contributed by atoms with van der Waals surface area (Å²) >= 11 is 0. The van der Waals surface area contributed by atoms with Crippen LogP contribution in [-0.4, -0.2) is 16.5 Å². The van der Waals surface area contributed by atoms with E-state index in [9.17, 15) is 10.2 Å². The van der Waals surface area contributed by atoms with E-state index < -0.39 is 6.29 Å². The van der Waals surface area contributed by atoms with Crippen LogP contribution in [-0.2, 0) is 0 Å². The average molecular weight is 416 g/mol. The third-order valence-electron chi connectivity index (χ3n) is 8.47. The summed E-state index contributed by atoms with van der Waals surface area (Å²) in [7, 11) is 0. The van der Waals surface area contributed by atoms with Crippen molar-refractivity contribution in [2.45, 2.75) is 98.2 Å². The number of rotatable bonds is 11. The van der Waals surface area contributed by atoms with Gasteiger partial charge in [-0.3, -0.25) is 0 Å². The highest BCUT2D eigenvalue weighted by Gasteiger charge is 2.55. The van der Waals surface area contributed by atoms with Crippen LogP contribution in [0.2, 0.25) is 0 Å². The Hall–Kier alpha value is -1.11. The largest absolute Gasteiger partial charge is 0.368 e. The first kappa shape index (κ1) is 25.2. The molecular weight excluding hydrogens is 370 g/mol. The van der Waals surface area contributed by atoms with E-state index in [0.717, 1.165) is 37.0 Å². The smallest absolute Gasteiger partial charge is 0.151 e. The van der Waals surface area contributed by atoms with Crippen molar-refractivity contribution in [3.8, 4) is 6.07 Å². The maximum atomic E-state index is 9.88. The van der Waals surface area contributed by atoms with Crippen molar-refractivity contribution in [1.29, 1.82) is 5.26 Å². The lowest BCUT2D eigenvalue weighted by molar-refractivity contribution is -0.0880. The highest BCUT2D eigenvalue weighted by atomic mass is 16.5. The van der Waals surface area contributed by atoms with Crippen LogP contribution in [0.3, 0.4) is 0 Å². The van der Waals surface area contributed by atoms with Gasteiger partial charge < -0.3 is 10.2 Å². The van der Waals surface area contributed by atoms with Crippen molar-refractivity contribution in [2.24, 2.45) is 40.9 Å². The van der Waals surface area contributed by atoms with Gasteiger partial charge in [-0.2, -0.15) is 5.26 Å². The van der Waals surface area contributed by atoms with E-state index >= 15 is 0 Å². The molecule has 0 radical (unpaired) electrons. The van der Waals surface area contributed by atoms with Gasteiger partial charge in [0.25, 0.3) is 0 Å². The normalized spacial score (nSPS) is 32.5. The van der Waals surface area contributed by atoms with Gasteiger partial charge in [-0.05, 0) is 79.4 Å². The Morgan fingerprint density at radius 3 is 2.57 bits per heavy atom. The number of aliphatic hydroxyl groups is 2. The molecule has 0 spiro atoms. The number of hydrogen-bond donors (Lipinski definition) is 2. The van der Waals surface area contributed by atoms with E-state index in [4.69, 9.17) is 5.26 Å². The Labute approximate surface area is 185 Å². The lowest BCUT2D eigenvalue weighted by Gasteiger charge is -2.51. The van der Waals surface area contributed by atoms with Crippen molar-refractivity contribution in [2.75, 3.05) is 0 Å². The Kier molecular flexibility index (Phi) is 9.64. The lowest BCUT2D eigenvalue weighted by Crippen LogP contribution is -2.44. The van der Waals surface area contributed by atoms with Crippen molar-refractivity contribution in [1.82, 2.24) is 0 Å². The molecule has 170 valence electrons. The maximum Gasteiger partial charge on any atom is 0.151 e. The molecule has 3 heteroatoms. The zero-order valence-corrected chi connectivity index (χ0v) is 19.8. The van der Waals surface area contributed by atoms with Gasteiger partial charge >= 0.3 is 0 Å². The molecule has 0 aromatic carbocycles. The highest BCUT2D eigenvalue weighted by Crippen LogP contribution is 2.62. The number of fused-ring (bicyclic) bond motifs is 1. The minimum atomic E-state index is -1.24. The molecule has 3 nitrogen and oxygen atoms in total. The van der Waals surface area contributed by atoms with Crippen LogP contribution in [0.4, 0.5) is 0 Å². The molecule has 0 bridgehead atoms. The van der Waals surface area contributed by atoms with Crippen molar-refractivity contribution in [3.05, 3.63) is 24.3 Å². The Bertz CT molecular complexity index is 617. The first-order valence-corrected chi connectivity index (χ1v) is 12.3. The second kappa shape index (κ2) is 11.5. The first-order chi connectivity index (χ1) is 14.2. The van der Waals surface area contributed by atoms with Crippen LogP contribution in [0, 0.1) is 52.3 Å². The fourth-order valence-corrected chi connectivity index (χ4v) is 6.98. The molecule has 0 saturated heterocycles. The fourth-order valence-electron chi connectivity index (χ4n) is 6.98. The number of aliphatic hydroxyl groups excluding tert-OH is 1. The Balaban J connectivity index is 2.10. The van der Waals surface area contributed by atoms with E-state index in [1.165, 1.54) is 44.1 Å². The zero-order chi connectivity index (χ0) is 22.3. The molecule has 0 amide bonds. The second-order valence-corrected chi connectivity index (χ2v) is 10.9. The van der Waals surface area contributed by atoms with Crippen molar-refractivity contribution in [3.63, 3.8) is 0 Å². The summed E-state index contributed by atoms with van der Waals surface area (Å²) in [6.07, 6.45) is 13.2. The molecule has 30 heavy (non-hydrogen) atoms. The van der Waals surface area contributed by atoms with Crippen LogP contribution in [0.5, 0.6) is 0 Å². The summed E-state index contributed by atoms with van der Waals surface area (Å²) in [6.45, 7) is 14.0. The van der Waals surface area contributed by atoms with E-state index in [2.05, 4.69) is 40.3 Å². The summed E-state index contributed by atoms with van der Waals surface area (Å²) in [5.74, 6) is 3.51. The average Bonchev–Trinajstić information content (AvgIpc) is 3.02. The van der Waals surface area contributed by atoms with Gasteiger partial charge in [0.1, 0.15) is 0 Å². The molecule has 4 unspecified atom stereocenters. The predicted octanol–water partition coefficient (Wildman–Crippen LogP) is 6.62. The Morgan fingerprint density at radius 2 is 1.93 bits per heavy atom. The number of allylic oxidation sites excluding steroid dienone is 3. The molecule has 2 rings (SSSR count). The number of nitriles is 1. The molecule has 0 heterocycles. The zero-order valence-electron chi connectivity index (χ0n) is 19.8. The quantitative estimate of drug-likeness (QED) is 0.226. The summed E-state index contributed by atoms with van der Waals surface area (Å²) < 4.78 is 0. The standard InChI is InChI=1S/C27H45NO2/c1-19(2)10-9-12-21(4)24-13-14-25-23(18-26(29)30)22(15-16-27(24,25)5)20(3)11-7-6-8-17-28/h6,8,19,21-26,29-30H,3,7,9-16,18H2,1-2,4-5H3/b8-6+/t21?,22?,23-,24-,25?,27?/m1/s1.